The molecule has 2 rings (SSSR count). The summed E-state index contributed by atoms with van der Waals surface area (Å²) >= 11 is 0. The highest BCUT2D eigenvalue weighted by atomic mass is 16.5. The van der Waals surface area contributed by atoms with Crippen molar-refractivity contribution in [2.45, 2.75) is 40.5 Å². The van der Waals surface area contributed by atoms with Gasteiger partial charge in [-0.05, 0) is 69.2 Å². The maximum Gasteiger partial charge on any atom is 0.119 e. The molecule has 1 aromatic heterocycles. The molecule has 0 amide bonds. The molecule has 4 heteroatoms. The third-order valence-electron chi connectivity index (χ3n) is 4.55. The molecule has 4 nitrogen and oxygen atoms in total. The summed E-state index contributed by atoms with van der Waals surface area (Å²) in [5.74, 6) is 1.78. The predicted octanol–water partition coefficient (Wildman–Crippen LogP) is 5.80. The molecule has 2 aromatic rings. The molecule has 0 aliphatic carbocycles. The molecule has 0 aliphatic rings. The van der Waals surface area contributed by atoms with Crippen molar-refractivity contribution in [3.8, 4) is 17.0 Å². The van der Waals surface area contributed by atoms with E-state index in [4.69, 9.17) is 15.2 Å². The number of pyridine rings is 1. The zero-order valence-electron chi connectivity index (χ0n) is 17.7. The summed E-state index contributed by atoms with van der Waals surface area (Å²) in [6.07, 6.45) is 7.76. The summed E-state index contributed by atoms with van der Waals surface area (Å²) in [6, 6.07) is 12.0. The van der Waals surface area contributed by atoms with E-state index in [1.165, 1.54) is 0 Å². The molecule has 0 aliphatic heterocycles. The van der Waals surface area contributed by atoms with E-state index in [1.54, 1.807) is 7.11 Å². The molecule has 1 heterocycles. The minimum Gasteiger partial charge on any atom is -0.501 e. The largest absolute Gasteiger partial charge is 0.501 e. The van der Waals surface area contributed by atoms with Crippen LogP contribution in [0.1, 0.15) is 46.1 Å². The van der Waals surface area contributed by atoms with E-state index in [2.05, 4.69) is 38.8 Å². The Kier molecular flexibility index (Phi) is 7.68. The first-order chi connectivity index (χ1) is 13.4. The molecule has 0 unspecified atom stereocenters. The van der Waals surface area contributed by atoms with Gasteiger partial charge in [0.1, 0.15) is 18.1 Å². The van der Waals surface area contributed by atoms with E-state index in [0.717, 1.165) is 46.9 Å². The minimum absolute atomic E-state index is 0.188. The zero-order chi connectivity index (χ0) is 20.6. The van der Waals surface area contributed by atoms with Gasteiger partial charge in [0, 0.05) is 23.0 Å². The van der Waals surface area contributed by atoms with Crippen LogP contribution in [0, 0.1) is 5.41 Å². The molecule has 0 bridgehead atoms. The van der Waals surface area contributed by atoms with Crippen molar-refractivity contribution >= 4 is 5.70 Å². The Bertz CT molecular complexity index is 804. The van der Waals surface area contributed by atoms with Crippen molar-refractivity contribution in [2.75, 3.05) is 13.7 Å². The second-order valence-electron chi connectivity index (χ2n) is 7.38. The van der Waals surface area contributed by atoms with Crippen LogP contribution in [0.5, 0.6) is 5.75 Å². The van der Waals surface area contributed by atoms with Gasteiger partial charge in [-0.1, -0.05) is 19.9 Å². The SMILES string of the molecule is CC/C=C(\OC)C(C)(C)COc1ccc(-c2ccc(/C(N)=C\CC)cn2)cc1. The Hall–Kier alpha value is -2.75. The third-order valence-corrected chi connectivity index (χ3v) is 4.55. The van der Waals surface area contributed by atoms with Gasteiger partial charge in [0.05, 0.1) is 18.2 Å². The van der Waals surface area contributed by atoms with Crippen LogP contribution in [0.25, 0.3) is 17.0 Å². The molecule has 0 spiro atoms. The summed E-state index contributed by atoms with van der Waals surface area (Å²) in [5, 5.41) is 0. The maximum atomic E-state index is 6.02. The van der Waals surface area contributed by atoms with Gasteiger partial charge in [-0.2, -0.15) is 0 Å². The van der Waals surface area contributed by atoms with Crippen LogP contribution in [0.15, 0.2) is 60.5 Å². The highest BCUT2D eigenvalue weighted by Gasteiger charge is 2.25. The Morgan fingerprint density at radius 3 is 2.25 bits per heavy atom. The molecular formula is C24H32N2O2. The topological polar surface area (TPSA) is 57.4 Å². The normalized spacial score (nSPS) is 12.8. The Morgan fingerprint density at radius 1 is 1.04 bits per heavy atom. The smallest absolute Gasteiger partial charge is 0.119 e. The number of benzene rings is 1. The number of nitrogens with two attached hydrogens (primary N) is 1. The van der Waals surface area contributed by atoms with Crippen molar-refractivity contribution in [1.82, 2.24) is 4.98 Å². The quantitative estimate of drug-likeness (QED) is 0.558. The minimum atomic E-state index is -0.188. The van der Waals surface area contributed by atoms with Crippen LogP contribution >= 0.6 is 0 Å². The van der Waals surface area contributed by atoms with Crippen molar-refractivity contribution < 1.29 is 9.47 Å². The number of allylic oxidation sites excluding steroid dienone is 2. The van der Waals surface area contributed by atoms with E-state index < -0.39 is 0 Å². The molecule has 0 saturated carbocycles. The van der Waals surface area contributed by atoms with Crippen molar-refractivity contribution in [3.63, 3.8) is 0 Å². The van der Waals surface area contributed by atoms with Crippen LogP contribution in [0.2, 0.25) is 0 Å². The van der Waals surface area contributed by atoms with Crippen LogP contribution in [-0.2, 0) is 4.74 Å². The number of aromatic nitrogens is 1. The summed E-state index contributed by atoms with van der Waals surface area (Å²) in [5.41, 5.74) is 9.50. The first-order valence-electron chi connectivity index (χ1n) is 9.81. The average molecular weight is 381 g/mol. The van der Waals surface area contributed by atoms with Crippen LogP contribution in [0.3, 0.4) is 0 Å². The van der Waals surface area contributed by atoms with E-state index >= 15 is 0 Å². The summed E-state index contributed by atoms with van der Waals surface area (Å²) in [4.78, 5) is 4.54. The lowest BCUT2D eigenvalue weighted by molar-refractivity contribution is 0.131. The first kappa shape index (κ1) is 21.5. The van der Waals surface area contributed by atoms with E-state index in [9.17, 15) is 0 Å². The van der Waals surface area contributed by atoms with Crippen LogP contribution < -0.4 is 10.5 Å². The number of nitrogens with zero attached hydrogens (tertiary/aromatic N) is 1. The second-order valence-corrected chi connectivity index (χ2v) is 7.38. The molecule has 0 fully saturated rings. The zero-order valence-corrected chi connectivity index (χ0v) is 17.7. The third kappa shape index (κ3) is 5.62. The van der Waals surface area contributed by atoms with Crippen molar-refractivity contribution in [3.05, 3.63) is 66.1 Å². The van der Waals surface area contributed by atoms with E-state index in [0.29, 0.717) is 6.61 Å². The predicted molar refractivity (Wildman–Crippen MR) is 117 cm³/mol. The van der Waals surface area contributed by atoms with Gasteiger partial charge in [-0.3, -0.25) is 4.98 Å². The fourth-order valence-corrected chi connectivity index (χ4v) is 2.95. The number of ether oxygens (including phenoxy) is 2. The Labute approximate surface area is 169 Å². The van der Waals surface area contributed by atoms with Gasteiger partial charge in [0.2, 0.25) is 0 Å². The summed E-state index contributed by atoms with van der Waals surface area (Å²) < 4.78 is 11.5. The van der Waals surface area contributed by atoms with E-state index in [-0.39, 0.29) is 5.41 Å². The fourth-order valence-electron chi connectivity index (χ4n) is 2.95. The number of hydrogen-bond acceptors (Lipinski definition) is 4. The number of rotatable bonds is 9. The van der Waals surface area contributed by atoms with Gasteiger partial charge in [-0.25, -0.2) is 0 Å². The number of methoxy groups -OCH3 is 1. The molecule has 0 atom stereocenters. The monoisotopic (exact) mass is 380 g/mol. The van der Waals surface area contributed by atoms with Crippen molar-refractivity contribution in [1.29, 1.82) is 0 Å². The lowest BCUT2D eigenvalue weighted by atomic mass is 9.91. The standard InChI is InChI=1S/C24H32N2O2/c1-6-8-21(25)19-12-15-22(26-16-19)18-10-13-20(14-11-18)28-17-24(3,4)23(27-5)9-7-2/h8-16H,6-7,17,25H2,1-5H3/b21-8+,23-9-. The van der Waals surface area contributed by atoms with Crippen molar-refractivity contribution in [2.24, 2.45) is 11.1 Å². The molecule has 0 saturated heterocycles. The maximum absolute atomic E-state index is 6.02. The van der Waals surface area contributed by atoms with Crippen LogP contribution in [0.4, 0.5) is 0 Å². The van der Waals surface area contributed by atoms with Gasteiger partial charge in [0.25, 0.3) is 0 Å². The lowest BCUT2D eigenvalue weighted by Crippen LogP contribution is -2.25. The Morgan fingerprint density at radius 2 is 1.71 bits per heavy atom. The highest BCUT2D eigenvalue weighted by molar-refractivity contribution is 5.66. The first-order valence-corrected chi connectivity index (χ1v) is 9.81. The Balaban J connectivity index is 2.05. The van der Waals surface area contributed by atoms with Crippen LogP contribution in [-0.4, -0.2) is 18.7 Å². The second kappa shape index (κ2) is 9.98. The summed E-state index contributed by atoms with van der Waals surface area (Å²) in [6.45, 7) is 8.95. The van der Waals surface area contributed by atoms with Gasteiger partial charge in [-0.15, -0.1) is 0 Å². The fraction of sp³-hybridized carbons (Fsp3) is 0.375. The molecule has 150 valence electrons. The molecule has 2 N–H and O–H groups in total. The lowest BCUT2D eigenvalue weighted by Gasteiger charge is -2.27. The number of hydrogen-bond donors (Lipinski definition) is 1. The highest BCUT2D eigenvalue weighted by Crippen LogP contribution is 2.29. The average Bonchev–Trinajstić information content (AvgIpc) is 2.71. The van der Waals surface area contributed by atoms with Gasteiger partial charge >= 0.3 is 0 Å². The van der Waals surface area contributed by atoms with E-state index in [1.807, 2.05) is 48.7 Å². The molecule has 1 aromatic carbocycles. The summed E-state index contributed by atoms with van der Waals surface area (Å²) in [7, 11) is 1.71. The molecule has 0 radical (unpaired) electrons. The molecular weight excluding hydrogens is 348 g/mol. The van der Waals surface area contributed by atoms with Gasteiger partial charge < -0.3 is 15.2 Å². The van der Waals surface area contributed by atoms with Gasteiger partial charge in [0.15, 0.2) is 0 Å². The molecule has 28 heavy (non-hydrogen) atoms.